The van der Waals surface area contributed by atoms with Crippen molar-refractivity contribution in [3.05, 3.63) is 33.8 Å². The van der Waals surface area contributed by atoms with Gasteiger partial charge in [-0.1, -0.05) is 42.5 Å². The van der Waals surface area contributed by atoms with Crippen LogP contribution in [0.1, 0.15) is 37.7 Å². The van der Waals surface area contributed by atoms with Crippen molar-refractivity contribution in [3.8, 4) is 0 Å². The largest absolute Gasteiger partial charge is 0.338 e. The van der Waals surface area contributed by atoms with Gasteiger partial charge in [0, 0.05) is 29.7 Å². The molecule has 116 valence electrons. The molecule has 1 fully saturated rings. The van der Waals surface area contributed by atoms with Crippen LogP contribution >= 0.6 is 23.2 Å². The standard InChI is InChI=1S/C16H22Cl2N2O/c1-20(15-5-3-2-4-6-15)16(21)19-8-7-12-9-13(17)11-14(18)10-12/h9-11,15H,2-8H2,1H3,(H,19,21). The normalized spacial score (nSPS) is 15.8. The Kier molecular flexibility index (Phi) is 6.19. The third kappa shape index (κ3) is 5.08. The van der Waals surface area contributed by atoms with Crippen molar-refractivity contribution in [2.24, 2.45) is 0 Å². The molecule has 0 unspecified atom stereocenters. The molecular formula is C16H22Cl2N2O. The van der Waals surface area contributed by atoms with Gasteiger partial charge in [-0.2, -0.15) is 0 Å². The van der Waals surface area contributed by atoms with Crippen LogP contribution in [0.3, 0.4) is 0 Å². The number of carbonyl (C=O) groups excluding carboxylic acids is 1. The van der Waals surface area contributed by atoms with Crippen molar-refractivity contribution in [3.63, 3.8) is 0 Å². The number of hydrogen-bond donors (Lipinski definition) is 1. The van der Waals surface area contributed by atoms with Crippen molar-refractivity contribution in [1.82, 2.24) is 10.2 Å². The maximum absolute atomic E-state index is 12.1. The van der Waals surface area contributed by atoms with Crippen molar-refractivity contribution < 1.29 is 4.79 Å². The number of benzene rings is 1. The van der Waals surface area contributed by atoms with Gasteiger partial charge in [0.2, 0.25) is 0 Å². The lowest BCUT2D eigenvalue weighted by Crippen LogP contribution is -2.44. The van der Waals surface area contributed by atoms with Gasteiger partial charge in [-0.25, -0.2) is 4.79 Å². The first-order valence-electron chi connectivity index (χ1n) is 7.52. The summed E-state index contributed by atoms with van der Waals surface area (Å²) >= 11 is 11.9. The van der Waals surface area contributed by atoms with Crippen LogP contribution in [0.2, 0.25) is 10.0 Å². The molecule has 5 heteroatoms. The van der Waals surface area contributed by atoms with Crippen LogP contribution < -0.4 is 5.32 Å². The molecule has 1 aromatic rings. The van der Waals surface area contributed by atoms with Crippen molar-refractivity contribution in [2.45, 2.75) is 44.6 Å². The van der Waals surface area contributed by atoms with Gasteiger partial charge in [0.15, 0.2) is 0 Å². The maximum atomic E-state index is 12.1. The first kappa shape index (κ1) is 16.4. The average molecular weight is 329 g/mol. The van der Waals surface area contributed by atoms with Gasteiger partial charge in [-0.05, 0) is 43.0 Å². The summed E-state index contributed by atoms with van der Waals surface area (Å²) in [5.41, 5.74) is 1.04. The summed E-state index contributed by atoms with van der Waals surface area (Å²) in [5, 5.41) is 4.22. The van der Waals surface area contributed by atoms with Crippen LogP contribution in [0.5, 0.6) is 0 Å². The second-order valence-corrected chi connectivity index (χ2v) is 6.54. The number of nitrogens with one attached hydrogen (secondary N) is 1. The summed E-state index contributed by atoms with van der Waals surface area (Å²) in [6.45, 7) is 0.590. The summed E-state index contributed by atoms with van der Waals surface area (Å²) in [4.78, 5) is 14.0. The Labute approximate surface area is 136 Å². The molecule has 1 aliphatic rings. The monoisotopic (exact) mass is 328 g/mol. The Balaban J connectivity index is 1.78. The lowest BCUT2D eigenvalue weighted by Gasteiger charge is -2.31. The number of amides is 2. The summed E-state index contributed by atoms with van der Waals surface area (Å²) in [6.07, 6.45) is 6.71. The van der Waals surface area contributed by atoms with E-state index in [1.54, 1.807) is 6.07 Å². The molecule has 0 spiro atoms. The molecule has 21 heavy (non-hydrogen) atoms. The summed E-state index contributed by atoms with van der Waals surface area (Å²) in [6, 6.07) is 5.87. The first-order valence-corrected chi connectivity index (χ1v) is 8.27. The number of nitrogens with zero attached hydrogens (tertiary/aromatic N) is 1. The number of carbonyl (C=O) groups is 1. The third-order valence-electron chi connectivity index (χ3n) is 4.06. The summed E-state index contributed by atoms with van der Waals surface area (Å²) < 4.78 is 0. The molecule has 1 aromatic carbocycles. The molecule has 1 N–H and O–H groups in total. The molecule has 2 amide bonds. The minimum absolute atomic E-state index is 0.00928. The van der Waals surface area contributed by atoms with E-state index in [1.807, 2.05) is 24.1 Å². The lowest BCUT2D eigenvalue weighted by molar-refractivity contribution is 0.174. The van der Waals surface area contributed by atoms with Crippen LogP contribution in [0.25, 0.3) is 0 Å². The second kappa shape index (κ2) is 7.90. The molecule has 0 aromatic heterocycles. The zero-order chi connectivity index (χ0) is 15.2. The molecule has 0 saturated heterocycles. The molecule has 2 rings (SSSR count). The molecule has 0 radical (unpaired) electrons. The number of hydrogen-bond acceptors (Lipinski definition) is 1. The zero-order valence-electron chi connectivity index (χ0n) is 12.4. The van der Waals surface area contributed by atoms with Gasteiger partial charge in [0.25, 0.3) is 0 Å². The SMILES string of the molecule is CN(C(=O)NCCc1cc(Cl)cc(Cl)c1)C1CCCCC1. The Morgan fingerprint density at radius 3 is 2.43 bits per heavy atom. The van der Waals surface area contributed by atoms with Crippen molar-refractivity contribution in [1.29, 1.82) is 0 Å². The predicted octanol–water partition coefficient (Wildman–Crippen LogP) is 4.51. The van der Waals surface area contributed by atoms with E-state index in [0.29, 0.717) is 22.6 Å². The number of urea groups is 1. The molecule has 0 bridgehead atoms. The Bertz CT molecular complexity index is 467. The zero-order valence-corrected chi connectivity index (χ0v) is 13.9. The first-order chi connectivity index (χ1) is 10.1. The smallest absolute Gasteiger partial charge is 0.317 e. The Morgan fingerprint density at radius 2 is 1.81 bits per heavy atom. The minimum Gasteiger partial charge on any atom is -0.338 e. The second-order valence-electron chi connectivity index (χ2n) is 5.66. The fourth-order valence-corrected chi connectivity index (χ4v) is 3.40. The average Bonchev–Trinajstić information content (AvgIpc) is 2.46. The van der Waals surface area contributed by atoms with Gasteiger partial charge < -0.3 is 10.2 Å². The molecule has 0 heterocycles. The highest BCUT2D eigenvalue weighted by molar-refractivity contribution is 6.34. The maximum Gasteiger partial charge on any atom is 0.317 e. The van der Waals surface area contributed by atoms with Crippen LogP contribution in [-0.4, -0.2) is 30.6 Å². The van der Waals surface area contributed by atoms with Gasteiger partial charge >= 0.3 is 6.03 Å². The fraction of sp³-hybridized carbons (Fsp3) is 0.562. The minimum atomic E-state index is 0.00928. The van der Waals surface area contributed by atoms with E-state index in [2.05, 4.69) is 5.32 Å². The van der Waals surface area contributed by atoms with E-state index < -0.39 is 0 Å². The fourth-order valence-electron chi connectivity index (χ4n) is 2.83. The van der Waals surface area contributed by atoms with Gasteiger partial charge in [0.05, 0.1) is 0 Å². The van der Waals surface area contributed by atoms with Gasteiger partial charge in [-0.15, -0.1) is 0 Å². The van der Waals surface area contributed by atoms with E-state index >= 15 is 0 Å². The molecule has 3 nitrogen and oxygen atoms in total. The van der Waals surface area contributed by atoms with E-state index in [1.165, 1.54) is 19.3 Å². The quantitative estimate of drug-likeness (QED) is 0.866. The predicted molar refractivity (Wildman–Crippen MR) is 88.2 cm³/mol. The number of halogens is 2. The van der Waals surface area contributed by atoms with Crippen molar-refractivity contribution >= 4 is 29.2 Å². The van der Waals surface area contributed by atoms with Gasteiger partial charge in [0.1, 0.15) is 0 Å². The van der Waals surface area contributed by atoms with Crippen LogP contribution in [0.4, 0.5) is 4.79 Å². The van der Waals surface area contributed by atoms with Gasteiger partial charge in [-0.3, -0.25) is 0 Å². The van der Waals surface area contributed by atoms with E-state index in [9.17, 15) is 4.79 Å². The Morgan fingerprint density at radius 1 is 1.19 bits per heavy atom. The van der Waals surface area contributed by atoms with Crippen molar-refractivity contribution in [2.75, 3.05) is 13.6 Å². The van der Waals surface area contributed by atoms with Crippen LogP contribution in [0.15, 0.2) is 18.2 Å². The lowest BCUT2D eigenvalue weighted by atomic mass is 9.95. The molecule has 0 aliphatic heterocycles. The molecular weight excluding hydrogens is 307 g/mol. The highest BCUT2D eigenvalue weighted by atomic mass is 35.5. The topological polar surface area (TPSA) is 32.3 Å². The highest BCUT2D eigenvalue weighted by Gasteiger charge is 2.21. The molecule has 1 saturated carbocycles. The van der Waals surface area contributed by atoms with Crippen LogP contribution in [0, 0.1) is 0 Å². The third-order valence-corrected chi connectivity index (χ3v) is 4.49. The highest BCUT2D eigenvalue weighted by Crippen LogP contribution is 2.22. The Hall–Kier alpha value is -0.930. The number of rotatable bonds is 4. The summed E-state index contributed by atoms with van der Waals surface area (Å²) in [5.74, 6) is 0. The van der Waals surface area contributed by atoms with E-state index in [4.69, 9.17) is 23.2 Å². The van der Waals surface area contributed by atoms with Crippen LogP contribution in [-0.2, 0) is 6.42 Å². The van der Waals surface area contributed by atoms with E-state index in [0.717, 1.165) is 24.8 Å². The molecule has 1 aliphatic carbocycles. The molecule has 0 atom stereocenters. The summed E-state index contributed by atoms with van der Waals surface area (Å²) in [7, 11) is 1.89. The van der Waals surface area contributed by atoms with E-state index in [-0.39, 0.29) is 6.03 Å².